The molecule has 1 aliphatic heterocycles. The van der Waals surface area contributed by atoms with E-state index in [1.807, 2.05) is 0 Å². The molecule has 2 N–H and O–H groups in total. The summed E-state index contributed by atoms with van der Waals surface area (Å²) in [6.45, 7) is 1.46. The quantitative estimate of drug-likeness (QED) is 0.782. The van der Waals surface area contributed by atoms with Gasteiger partial charge < -0.3 is 14.8 Å². The van der Waals surface area contributed by atoms with Crippen molar-refractivity contribution in [2.45, 2.75) is 17.4 Å². The molecule has 21 heavy (non-hydrogen) atoms. The Morgan fingerprint density at radius 1 is 1.29 bits per heavy atom. The standard InChI is InChI=1S/C12H17BrN2O4S.ClH/c1-18-10-5-9(13)12(6-11(10)19-2)20(16,17)15-8-3-4-14-7-8;/h5-6,8,14-15H,3-4,7H2,1-2H3;1H. The summed E-state index contributed by atoms with van der Waals surface area (Å²) in [4.78, 5) is 0.141. The molecule has 2 rings (SSSR count). The van der Waals surface area contributed by atoms with E-state index in [1.165, 1.54) is 20.3 Å². The zero-order valence-electron chi connectivity index (χ0n) is 11.7. The molecule has 9 heteroatoms. The summed E-state index contributed by atoms with van der Waals surface area (Å²) in [6.07, 6.45) is 0.782. The molecule has 1 aliphatic rings. The number of sulfonamides is 1. The fraction of sp³-hybridized carbons (Fsp3) is 0.500. The summed E-state index contributed by atoms with van der Waals surface area (Å²) in [5, 5.41) is 3.12. The van der Waals surface area contributed by atoms with Crippen LogP contribution in [-0.2, 0) is 10.0 Å². The van der Waals surface area contributed by atoms with E-state index >= 15 is 0 Å². The molecule has 0 amide bonds. The van der Waals surface area contributed by atoms with Crippen molar-refractivity contribution in [2.75, 3.05) is 27.3 Å². The van der Waals surface area contributed by atoms with Crippen LogP contribution in [0.25, 0.3) is 0 Å². The van der Waals surface area contributed by atoms with E-state index in [0.717, 1.165) is 13.0 Å². The zero-order chi connectivity index (χ0) is 14.8. The molecule has 1 aromatic rings. The maximum atomic E-state index is 12.4. The highest BCUT2D eigenvalue weighted by Gasteiger charge is 2.26. The van der Waals surface area contributed by atoms with Crippen LogP contribution in [-0.4, -0.2) is 41.8 Å². The fourth-order valence-corrected chi connectivity index (χ4v) is 4.39. The number of ether oxygens (including phenoxy) is 2. The van der Waals surface area contributed by atoms with Crippen molar-refractivity contribution < 1.29 is 17.9 Å². The van der Waals surface area contributed by atoms with Crippen molar-refractivity contribution in [2.24, 2.45) is 0 Å². The number of methoxy groups -OCH3 is 2. The third-order valence-electron chi connectivity index (χ3n) is 3.11. The van der Waals surface area contributed by atoms with E-state index in [0.29, 0.717) is 22.5 Å². The molecule has 120 valence electrons. The van der Waals surface area contributed by atoms with Gasteiger partial charge in [-0.2, -0.15) is 0 Å². The SMILES string of the molecule is COc1cc(Br)c(S(=O)(=O)NC2CCNC2)cc1OC.Cl. The molecule has 1 fully saturated rings. The van der Waals surface area contributed by atoms with Crippen LogP contribution in [0.4, 0.5) is 0 Å². The first kappa shape index (κ1) is 18.5. The normalized spacial score (nSPS) is 18.1. The van der Waals surface area contributed by atoms with Crippen LogP contribution in [0, 0.1) is 0 Å². The van der Waals surface area contributed by atoms with E-state index in [2.05, 4.69) is 26.0 Å². The van der Waals surface area contributed by atoms with Gasteiger partial charge in [0.2, 0.25) is 10.0 Å². The molecular weight excluding hydrogens is 384 g/mol. The highest BCUT2D eigenvalue weighted by Crippen LogP contribution is 2.35. The van der Waals surface area contributed by atoms with Crippen LogP contribution in [0.2, 0.25) is 0 Å². The first-order chi connectivity index (χ1) is 9.47. The summed E-state index contributed by atoms with van der Waals surface area (Å²) in [6, 6.07) is 2.95. The van der Waals surface area contributed by atoms with Crippen LogP contribution in [0.3, 0.4) is 0 Å². The lowest BCUT2D eigenvalue weighted by Gasteiger charge is -2.15. The Bertz CT molecular complexity index is 591. The third-order valence-corrected chi connectivity index (χ3v) is 5.59. The molecule has 1 atom stereocenters. The first-order valence-corrected chi connectivity index (χ1v) is 8.40. The topological polar surface area (TPSA) is 76.7 Å². The Hall–Kier alpha value is -0.540. The molecule has 1 unspecified atom stereocenters. The third kappa shape index (κ3) is 4.23. The Kier molecular flexibility index (Phi) is 6.73. The molecule has 1 saturated heterocycles. The van der Waals surface area contributed by atoms with Crippen LogP contribution in [0.5, 0.6) is 11.5 Å². The lowest BCUT2D eigenvalue weighted by atomic mass is 10.3. The Labute approximate surface area is 139 Å². The minimum atomic E-state index is -3.60. The predicted molar refractivity (Wildman–Crippen MR) is 86.1 cm³/mol. The van der Waals surface area contributed by atoms with Gasteiger partial charge in [0.15, 0.2) is 11.5 Å². The number of hydrogen-bond acceptors (Lipinski definition) is 5. The minimum absolute atomic E-state index is 0. The van der Waals surface area contributed by atoms with Gasteiger partial charge >= 0.3 is 0 Å². The molecule has 0 saturated carbocycles. The van der Waals surface area contributed by atoms with E-state index in [4.69, 9.17) is 9.47 Å². The lowest BCUT2D eigenvalue weighted by Crippen LogP contribution is -2.36. The maximum absolute atomic E-state index is 12.4. The summed E-state index contributed by atoms with van der Waals surface area (Å²) in [7, 11) is -0.635. The summed E-state index contributed by atoms with van der Waals surface area (Å²) in [5.74, 6) is 0.849. The highest BCUT2D eigenvalue weighted by molar-refractivity contribution is 9.10. The molecule has 0 aromatic heterocycles. The van der Waals surface area contributed by atoms with Gasteiger partial charge in [0.05, 0.1) is 14.2 Å². The number of benzene rings is 1. The fourth-order valence-electron chi connectivity index (χ4n) is 2.08. The minimum Gasteiger partial charge on any atom is -0.493 e. The lowest BCUT2D eigenvalue weighted by molar-refractivity contribution is 0.353. The molecule has 1 aromatic carbocycles. The van der Waals surface area contributed by atoms with Crippen LogP contribution < -0.4 is 19.5 Å². The number of halogens is 2. The summed E-state index contributed by atoms with van der Waals surface area (Å²) >= 11 is 3.27. The van der Waals surface area contributed by atoms with Crippen molar-refractivity contribution in [1.29, 1.82) is 0 Å². The summed E-state index contributed by atoms with van der Waals surface area (Å²) < 4.78 is 38.2. The molecule has 1 heterocycles. The summed E-state index contributed by atoms with van der Waals surface area (Å²) in [5.41, 5.74) is 0. The van der Waals surface area contributed by atoms with E-state index in [9.17, 15) is 8.42 Å². The monoisotopic (exact) mass is 400 g/mol. The van der Waals surface area contributed by atoms with Crippen molar-refractivity contribution in [3.63, 3.8) is 0 Å². The largest absolute Gasteiger partial charge is 0.493 e. The van der Waals surface area contributed by atoms with Gasteiger partial charge in [-0.1, -0.05) is 0 Å². The van der Waals surface area contributed by atoms with Gasteiger partial charge in [0.25, 0.3) is 0 Å². The Balaban J connectivity index is 0.00000220. The number of hydrogen-bond donors (Lipinski definition) is 2. The first-order valence-electron chi connectivity index (χ1n) is 6.12. The van der Waals surface area contributed by atoms with Gasteiger partial charge in [-0.25, -0.2) is 13.1 Å². The number of nitrogens with one attached hydrogen (secondary N) is 2. The van der Waals surface area contributed by atoms with E-state index in [1.54, 1.807) is 6.07 Å². The second-order valence-corrected chi connectivity index (χ2v) is 6.99. The van der Waals surface area contributed by atoms with Gasteiger partial charge in [-0.3, -0.25) is 0 Å². The average Bonchev–Trinajstić information content (AvgIpc) is 2.90. The van der Waals surface area contributed by atoms with Crippen molar-refractivity contribution in [3.05, 3.63) is 16.6 Å². The van der Waals surface area contributed by atoms with Gasteiger partial charge in [0.1, 0.15) is 4.90 Å². The maximum Gasteiger partial charge on any atom is 0.242 e. The molecule has 0 radical (unpaired) electrons. The Morgan fingerprint density at radius 3 is 2.43 bits per heavy atom. The molecule has 0 spiro atoms. The van der Waals surface area contributed by atoms with Gasteiger partial charge in [-0.15, -0.1) is 12.4 Å². The average molecular weight is 402 g/mol. The van der Waals surface area contributed by atoms with Crippen LogP contribution >= 0.6 is 28.3 Å². The molecule has 6 nitrogen and oxygen atoms in total. The molecular formula is C12H18BrClN2O4S. The van der Waals surface area contributed by atoms with Gasteiger partial charge in [-0.05, 0) is 35.0 Å². The van der Waals surface area contributed by atoms with Crippen LogP contribution in [0.1, 0.15) is 6.42 Å². The van der Waals surface area contributed by atoms with Gasteiger partial charge in [0, 0.05) is 23.1 Å². The zero-order valence-corrected chi connectivity index (χ0v) is 14.9. The highest BCUT2D eigenvalue weighted by atomic mass is 79.9. The van der Waals surface area contributed by atoms with Crippen LogP contribution in [0.15, 0.2) is 21.5 Å². The van der Waals surface area contributed by atoms with Crippen molar-refractivity contribution >= 4 is 38.4 Å². The predicted octanol–water partition coefficient (Wildman–Crippen LogP) is 1.53. The van der Waals surface area contributed by atoms with E-state index in [-0.39, 0.29) is 23.3 Å². The van der Waals surface area contributed by atoms with Crippen molar-refractivity contribution in [3.8, 4) is 11.5 Å². The number of rotatable bonds is 5. The van der Waals surface area contributed by atoms with E-state index < -0.39 is 10.0 Å². The Morgan fingerprint density at radius 2 is 1.90 bits per heavy atom. The van der Waals surface area contributed by atoms with Crippen molar-refractivity contribution in [1.82, 2.24) is 10.0 Å². The molecule has 0 bridgehead atoms. The smallest absolute Gasteiger partial charge is 0.242 e. The second kappa shape index (κ2) is 7.64. The molecule has 0 aliphatic carbocycles. The second-order valence-electron chi connectivity index (χ2n) is 4.45.